The number of hydrogen-bond donors (Lipinski definition) is 1. The molecular weight excluding hydrogens is 322 g/mol. The van der Waals surface area contributed by atoms with Crippen molar-refractivity contribution in [3.63, 3.8) is 0 Å². The zero-order chi connectivity index (χ0) is 16.6. The van der Waals surface area contributed by atoms with Crippen LogP contribution in [0.4, 0.5) is 5.69 Å². The van der Waals surface area contributed by atoms with E-state index >= 15 is 0 Å². The number of carbonyl (C=O) groups excluding carboxylic acids is 1. The minimum Gasteiger partial charge on any atom is -0.424 e. The molecule has 3 rings (SSSR count). The van der Waals surface area contributed by atoms with E-state index in [1.54, 1.807) is 54.1 Å². The molecule has 6 heteroatoms. The summed E-state index contributed by atoms with van der Waals surface area (Å²) in [4.78, 5) is 21.3. The molecule has 0 aliphatic heterocycles. The summed E-state index contributed by atoms with van der Waals surface area (Å²) in [5.41, 5.74) is 0.748. The van der Waals surface area contributed by atoms with Gasteiger partial charge in [-0.1, -0.05) is 6.07 Å². The molecule has 0 radical (unpaired) electrons. The molecule has 0 unspecified atom stereocenters. The van der Waals surface area contributed by atoms with E-state index < -0.39 is 0 Å². The first-order valence-electron chi connectivity index (χ1n) is 7.67. The molecule has 2 heterocycles. The number of nitrogens with zero attached hydrogens (tertiary/aromatic N) is 2. The second-order valence-corrected chi connectivity index (χ2v) is 6.17. The Bertz CT molecular complexity index is 759. The van der Waals surface area contributed by atoms with Gasteiger partial charge in [-0.2, -0.15) is 0 Å². The molecule has 1 N–H and O–H groups in total. The molecule has 0 fully saturated rings. The zero-order valence-corrected chi connectivity index (χ0v) is 13.8. The van der Waals surface area contributed by atoms with Gasteiger partial charge in [-0.15, -0.1) is 11.3 Å². The van der Waals surface area contributed by atoms with Crippen LogP contribution in [0.15, 0.2) is 60.2 Å². The molecule has 0 saturated heterocycles. The van der Waals surface area contributed by atoms with Crippen LogP contribution in [0.1, 0.15) is 17.7 Å². The minimum atomic E-state index is 0.0200. The molecule has 1 amide bonds. The molecule has 0 spiro atoms. The summed E-state index contributed by atoms with van der Waals surface area (Å²) in [7, 11) is 0. The largest absolute Gasteiger partial charge is 0.424 e. The SMILES string of the molecule is O=C(CCCc1cccs1)Nc1ccc(Oc2ncccn2)cc1. The number of ether oxygens (including phenoxy) is 1. The first kappa shape index (κ1) is 16.1. The number of aromatic nitrogens is 2. The fourth-order valence-electron chi connectivity index (χ4n) is 2.15. The highest BCUT2D eigenvalue weighted by Crippen LogP contribution is 2.20. The third-order valence-corrected chi connectivity index (χ3v) is 4.23. The zero-order valence-electron chi connectivity index (χ0n) is 13.0. The molecule has 0 saturated carbocycles. The average molecular weight is 339 g/mol. The summed E-state index contributed by atoms with van der Waals surface area (Å²) < 4.78 is 5.51. The average Bonchev–Trinajstić information content (AvgIpc) is 3.11. The number of amides is 1. The van der Waals surface area contributed by atoms with Crippen LogP contribution in [0.3, 0.4) is 0 Å². The van der Waals surface area contributed by atoms with E-state index in [9.17, 15) is 4.79 Å². The van der Waals surface area contributed by atoms with E-state index in [4.69, 9.17) is 4.74 Å². The van der Waals surface area contributed by atoms with Gasteiger partial charge in [-0.25, -0.2) is 9.97 Å². The van der Waals surface area contributed by atoms with Gasteiger partial charge in [0.15, 0.2) is 0 Å². The lowest BCUT2D eigenvalue weighted by Gasteiger charge is -2.07. The van der Waals surface area contributed by atoms with Gasteiger partial charge in [0, 0.05) is 29.4 Å². The lowest BCUT2D eigenvalue weighted by molar-refractivity contribution is -0.116. The highest BCUT2D eigenvalue weighted by Gasteiger charge is 2.04. The van der Waals surface area contributed by atoms with Crippen molar-refractivity contribution in [3.05, 3.63) is 65.1 Å². The van der Waals surface area contributed by atoms with E-state index in [2.05, 4.69) is 26.7 Å². The van der Waals surface area contributed by atoms with Crippen LogP contribution in [0, 0.1) is 0 Å². The number of carbonyl (C=O) groups is 1. The Kier molecular flexibility index (Phi) is 5.52. The van der Waals surface area contributed by atoms with Gasteiger partial charge in [0.1, 0.15) is 5.75 Å². The Morgan fingerprint density at radius 1 is 1.08 bits per heavy atom. The summed E-state index contributed by atoms with van der Waals surface area (Å²) in [6.07, 6.45) is 5.53. The molecule has 0 aliphatic rings. The van der Waals surface area contributed by atoms with Crippen molar-refractivity contribution in [3.8, 4) is 11.8 Å². The standard InChI is InChI=1S/C18H17N3O2S/c22-17(6-1-4-16-5-2-13-24-16)21-14-7-9-15(10-8-14)23-18-19-11-3-12-20-18/h2-3,5,7-13H,1,4,6H2,(H,21,22). The van der Waals surface area contributed by atoms with Crippen LogP contribution in [-0.2, 0) is 11.2 Å². The van der Waals surface area contributed by atoms with Gasteiger partial charge in [0.05, 0.1) is 0 Å². The van der Waals surface area contributed by atoms with Crippen LogP contribution in [-0.4, -0.2) is 15.9 Å². The Hall–Kier alpha value is -2.73. The summed E-state index contributed by atoms with van der Waals surface area (Å²) >= 11 is 1.72. The third-order valence-electron chi connectivity index (χ3n) is 3.30. The molecule has 24 heavy (non-hydrogen) atoms. The lowest BCUT2D eigenvalue weighted by Crippen LogP contribution is -2.11. The second-order valence-electron chi connectivity index (χ2n) is 5.14. The maximum atomic E-state index is 12.0. The molecule has 0 atom stereocenters. The van der Waals surface area contributed by atoms with E-state index in [1.165, 1.54) is 4.88 Å². The van der Waals surface area contributed by atoms with E-state index in [0.717, 1.165) is 18.5 Å². The minimum absolute atomic E-state index is 0.0200. The highest BCUT2D eigenvalue weighted by atomic mass is 32.1. The van der Waals surface area contributed by atoms with E-state index in [1.807, 2.05) is 6.07 Å². The number of benzene rings is 1. The molecule has 3 aromatic rings. The van der Waals surface area contributed by atoms with Crippen molar-refractivity contribution in [2.75, 3.05) is 5.32 Å². The third kappa shape index (κ3) is 4.89. The van der Waals surface area contributed by atoms with Gasteiger partial charge in [0.25, 0.3) is 0 Å². The van der Waals surface area contributed by atoms with Crippen molar-refractivity contribution in [2.45, 2.75) is 19.3 Å². The van der Waals surface area contributed by atoms with Gasteiger partial charge >= 0.3 is 6.01 Å². The van der Waals surface area contributed by atoms with E-state index in [-0.39, 0.29) is 5.91 Å². The molecular formula is C18H17N3O2S. The van der Waals surface area contributed by atoms with Gasteiger partial charge in [-0.3, -0.25) is 4.79 Å². The summed E-state index contributed by atoms with van der Waals surface area (Å²) in [6.45, 7) is 0. The number of aryl methyl sites for hydroxylation is 1. The van der Waals surface area contributed by atoms with Crippen LogP contribution in [0.25, 0.3) is 0 Å². The number of rotatable bonds is 7. The van der Waals surface area contributed by atoms with E-state index in [0.29, 0.717) is 18.2 Å². The molecule has 0 aliphatic carbocycles. The van der Waals surface area contributed by atoms with Gasteiger partial charge < -0.3 is 10.1 Å². The molecule has 0 bridgehead atoms. The summed E-state index contributed by atoms with van der Waals surface area (Å²) in [5.74, 6) is 0.642. The van der Waals surface area contributed by atoms with Crippen molar-refractivity contribution in [1.82, 2.24) is 9.97 Å². The Labute approximate surface area is 144 Å². The smallest absolute Gasteiger partial charge is 0.321 e. The lowest BCUT2D eigenvalue weighted by atomic mass is 10.2. The fraction of sp³-hybridized carbons (Fsp3) is 0.167. The normalized spacial score (nSPS) is 10.3. The van der Waals surface area contributed by atoms with Gasteiger partial charge in [0.2, 0.25) is 5.91 Å². The van der Waals surface area contributed by atoms with Crippen LogP contribution in [0.5, 0.6) is 11.8 Å². The van der Waals surface area contributed by atoms with Crippen molar-refractivity contribution >= 4 is 22.9 Å². The summed E-state index contributed by atoms with van der Waals surface area (Å²) in [5, 5.41) is 4.95. The quantitative estimate of drug-likeness (QED) is 0.697. The molecule has 122 valence electrons. The molecule has 5 nitrogen and oxygen atoms in total. The van der Waals surface area contributed by atoms with Crippen molar-refractivity contribution in [2.24, 2.45) is 0 Å². The monoisotopic (exact) mass is 339 g/mol. The Morgan fingerprint density at radius 3 is 2.58 bits per heavy atom. The van der Waals surface area contributed by atoms with Crippen molar-refractivity contribution < 1.29 is 9.53 Å². The summed E-state index contributed by atoms with van der Waals surface area (Å²) in [6, 6.07) is 13.3. The predicted molar refractivity (Wildman–Crippen MR) is 94.4 cm³/mol. The van der Waals surface area contributed by atoms with Gasteiger partial charge in [-0.05, 0) is 54.6 Å². The number of nitrogens with one attached hydrogen (secondary N) is 1. The number of hydrogen-bond acceptors (Lipinski definition) is 5. The Morgan fingerprint density at radius 2 is 1.88 bits per heavy atom. The van der Waals surface area contributed by atoms with Crippen LogP contribution >= 0.6 is 11.3 Å². The number of thiophene rings is 1. The fourth-order valence-corrected chi connectivity index (χ4v) is 2.90. The predicted octanol–water partition coefficient (Wildman–Crippen LogP) is 4.29. The first-order valence-corrected chi connectivity index (χ1v) is 8.55. The first-order chi connectivity index (χ1) is 11.8. The van der Waals surface area contributed by atoms with Crippen LogP contribution < -0.4 is 10.1 Å². The van der Waals surface area contributed by atoms with Crippen molar-refractivity contribution in [1.29, 1.82) is 0 Å². The maximum absolute atomic E-state index is 12.0. The maximum Gasteiger partial charge on any atom is 0.321 e. The Balaban J connectivity index is 1.46. The molecule has 1 aromatic carbocycles. The molecule has 2 aromatic heterocycles. The second kappa shape index (κ2) is 8.21. The topological polar surface area (TPSA) is 64.1 Å². The number of anilines is 1. The van der Waals surface area contributed by atoms with Crippen LogP contribution in [0.2, 0.25) is 0 Å². The highest BCUT2D eigenvalue weighted by molar-refractivity contribution is 7.09.